The monoisotopic (exact) mass is 484 g/mol. The van der Waals surface area contributed by atoms with Crippen molar-refractivity contribution in [3.63, 3.8) is 0 Å². The molecule has 3 aromatic rings. The maximum absolute atomic E-state index is 13.0. The number of benzene rings is 2. The predicted octanol–water partition coefficient (Wildman–Crippen LogP) is 4.30. The van der Waals surface area contributed by atoms with Crippen molar-refractivity contribution >= 4 is 39.8 Å². The Kier molecular flexibility index (Phi) is 8.09. The molecule has 0 spiro atoms. The fourth-order valence-electron chi connectivity index (χ4n) is 3.01. The highest BCUT2D eigenvalue weighted by atomic mass is 32.1. The number of methoxy groups -OCH3 is 1. The Morgan fingerprint density at radius 3 is 2.53 bits per heavy atom. The zero-order chi connectivity index (χ0) is 24.7. The summed E-state index contributed by atoms with van der Waals surface area (Å²) in [6.45, 7) is 3.75. The number of non-ortho nitro benzene ring substituents is 1. The second kappa shape index (κ2) is 11.2. The van der Waals surface area contributed by atoms with Crippen LogP contribution < -0.4 is 20.7 Å². The highest BCUT2D eigenvalue weighted by Gasteiger charge is 2.27. The summed E-state index contributed by atoms with van der Waals surface area (Å²) in [4.78, 5) is 35.7. The summed E-state index contributed by atoms with van der Waals surface area (Å²) >= 11 is 1.20. The molecular formula is C22H24N6O5S. The van der Waals surface area contributed by atoms with Crippen molar-refractivity contribution in [3.8, 4) is 16.3 Å². The molecule has 1 heterocycles. The van der Waals surface area contributed by atoms with Gasteiger partial charge in [-0.3, -0.25) is 20.2 Å². The molecule has 3 amide bonds. The lowest BCUT2D eigenvalue weighted by Gasteiger charge is -2.23. The Labute approximate surface area is 199 Å². The molecule has 0 saturated carbocycles. The van der Waals surface area contributed by atoms with Gasteiger partial charge in [-0.05, 0) is 30.2 Å². The minimum atomic E-state index is -0.841. The first kappa shape index (κ1) is 24.6. The first-order chi connectivity index (χ1) is 16.3. The summed E-state index contributed by atoms with van der Waals surface area (Å²) in [5.74, 6) is 0.0771. The third-order valence-electron chi connectivity index (χ3n) is 5.09. The van der Waals surface area contributed by atoms with Gasteiger partial charge in [0.2, 0.25) is 11.0 Å². The molecule has 0 fully saturated rings. The molecule has 0 bridgehead atoms. The fourth-order valence-corrected chi connectivity index (χ4v) is 3.75. The molecule has 3 N–H and O–H groups in total. The molecule has 0 aliphatic carbocycles. The molecule has 12 heteroatoms. The lowest BCUT2D eigenvalue weighted by atomic mass is 9.98. The number of nitro groups is 1. The number of amides is 3. The maximum atomic E-state index is 13.0. The van der Waals surface area contributed by atoms with E-state index in [1.165, 1.54) is 35.6 Å². The minimum Gasteiger partial charge on any atom is -0.497 e. The Hall–Kier alpha value is -4.06. The average Bonchev–Trinajstić information content (AvgIpc) is 3.30. The molecule has 178 valence electrons. The van der Waals surface area contributed by atoms with Gasteiger partial charge in [-0.25, -0.2) is 4.79 Å². The normalized spacial score (nSPS) is 12.3. The maximum Gasteiger partial charge on any atom is 0.319 e. The Bertz CT molecular complexity index is 1170. The number of aromatic nitrogens is 2. The van der Waals surface area contributed by atoms with Gasteiger partial charge in [0.15, 0.2) is 0 Å². The quantitative estimate of drug-likeness (QED) is 0.303. The molecule has 34 heavy (non-hydrogen) atoms. The summed E-state index contributed by atoms with van der Waals surface area (Å²) in [5.41, 5.74) is 1.07. The number of ether oxygens (including phenoxy) is 1. The number of hydrogen-bond acceptors (Lipinski definition) is 8. The predicted molar refractivity (Wildman–Crippen MR) is 129 cm³/mol. The topological polar surface area (TPSA) is 148 Å². The molecule has 1 aromatic heterocycles. The van der Waals surface area contributed by atoms with Crippen molar-refractivity contribution in [2.75, 3.05) is 17.7 Å². The Balaban J connectivity index is 1.66. The number of hydrogen-bond donors (Lipinski definition) is 3. The van der Waals surface area contributed by atoms with E-state index in [0.717, 1.165) is 5.56 Å². The van der Waals surface area contributed by atoms with Crippen molar-refractivity contribution in [2.24, 2.45) is 5.92 Å². The molecular weight excluding hydrogens is 460 g/mol. The molecule has 0 aliphatic heterocycles. The zero-order valence-corrected chi connectivity index (χ0v) is 19.6. The van der Waals surface area contributed by atoms with Crippen LogP contribution in [0.5, 0.6) is 5.75 Å². The number of nitro benzene ring substituents is 1. The number of nitrogens with one attached hydrogen (secondary N) is 3. The van der Waals surface area contributed by atoms with Crippen LogP contribution in [0.15, 0.2) is 48.5 Å². The molecule has 2 atom stereocenters. The highest BCUT2D eigenvalue weighted by Crippen LogP contribution is 2.29. The van der Waals surface area contributed by atoms with Crippen LogP contribution in [-0.2, 0) is 4.79 Å². The van der Waals surface area contributed by atoms with Crippen molar-refractivity contribution in [1.29, 1.82) is 0 Å². The standard InChI is InChI=1S/C22H24N6O5S/c1-4-13(2)18(24-21(30)23-15-8-10-16(11-9-15)28(31)32)19(29)25-22-27-26-20(34-22)14-6-5-7-17(12-14)33-3/h5-13,18H,4H2,1-3H3,(H2,23,24,30)(H,25,27,29). The van der Waals surface area contributed by atoms with E-state index in [9.17, 15) is 19.7 Å². The van der Waals surface area contributed by atoms with E-state index >= 15 is 0 Å². The molecule has 0 saturated heterocycles. The van der Waals surface area contributed by atoms with Crippen molar-refractivity contribution < 1.29 is 19.2 Å². The van der Waals surface area contributed by atoms with Gasteiger partial charge in [0.05, 0.1) is 12.0 Å². The van der Waals surface area contributed by atoms with Gasteiger partial charge >= 0.3 is 6.03 Å². The SMILES string of the molecule is CCC(C)C(NC(=O)Nc1ccc([N+](=O)[O-])cc1)C(=O)Nc1nnc(-c2cccc(OC)c2)s1. The molecule has 0 aliphatic rings. The summed E-state index contributed by atoms with van der Waals surface area (Å²) in [6.07, 6.45) is 0.640. The van der Waals surface area contributed by atoms with Crippen LogP contribution >= 0.6 is 11.3 Å². The van der Waals surface area contributed by atoms with E-state index in [1.54, 1.807) is 7.11 Å². The summed E-state index contributed by atoms with van der Waals surface area (Å²) in [7, 11) is 1.57. The van der Waals surface area contributed by atoms with Crippen molar-refractivity contribution in [1.82, 2.24) is 15.5 Å². The van der Waals surface area contributed by atoms with E-state index in [1.807, 2.05) is 38.1 Å². The van der Waals surface area contributed by atoms with Gasteiger partial charge in [0.1, 0.15) is 16.8 Å². The highest BCUT2D eigenvalue weighted by molar-refractivity contribution is 7.18. The molecule has 3 rings (SSSR count). The number of anilines is 2. The van der Waals surface area contributed by atoms with Gasteiger partial charge < -0.3 is 15.4 Å². The van der Waals surface area contributed by atoms with Crippen molar-refractivity contribution in [2.45, 2.75) is 26.3 Å². The molecule has 2 unspecified atom stereocenters. The van der Waals surface area contributed by atoms with Crippen LogP contribution in [0.25, 0.3) is 10.6 Å². The molecule has 0 radical (unpaired) electrons. The second-order valence-corrected chi connectivity index (χ2v) is 8.38. The second-order valence-electron chi connectivity index (χ2n) is 7.40. The summed E-state index contributed by atoms with van der Waals surface area (Å²) < 4.78 is 5.22. The van der Waals surface area contributed by atoms with Crippen LogP contribution in [0.3, 0.4) is 0 Å². The van der Waals surface area contributed by atoms with Crippen molar-refractivity contribution in [3.05, 3.63) is 58.6 Å². The van der Waals surface area contributed by atoms with Gasteiger partial charge in [-0.1, -0.05) is 43.7 Å². The smallest absolute Gasteiger partial charge is 0.319 e. The van der Waals surface area contributed by atoms with E-state index < -0.39 is 22.9 Å². The Morgan fingerprint density at radius 1 is 1.15 bits per heavy atom. The zero-order valence-electron chi connectivity index (χ0n) is 18.8. The first-order valence-corrected chi connectivity index (χ1v) is 11.2. The largest absolute Gasteiger partial charge is 0.497 e. The lowest BCUT2D eigenvalue weighted by Crippen LogP contribution is -2.49. The first-order valence-electron chi connectivity index (χ1n) is 10.4. The lowest BCUT2D eigenvalue weighted by molar-refractivity contribution is -0.384. The van der Waals surface area contributed by atoms with E-state index in [-0.39, 0.29) is 11.6 Å². The summed E-state index contributed by atoms with van der Waals surface area (Å²) in [6, 6.07) is 11.3. The van der Waals surface area contributed by atoms with Crippen LogP contribution in [0.4, 0.5) is 21.3 Å². The number of rotatable bonds is 9. The Morgan fingerprint density at radius 2 is 1.88 bits per heavy atom. The fraction of sp³-hybridized carbons (Fsp3) is 0.273. The van der Waals surface area contributed by atoms with Gasteiger partial charge in [-0.2, -0.15) is 0 Å². The number of carbonyl (C=O) groups excluding carboxylic acids is 2. The van der Waals surface area contributed by atoms with E-state index in [4.69, 9.17) is 4.74 Å². The van der Waals surface area contributed by atoms with Crippen LogP contribution in [0.2, 0.25) is 0 Å². The van der Waals surface area contributed by atoms with Gasteiger partial charge in [0, 0.05) is 23.4 Å². The van der Waals surface area contributed by atoms with Gasteiger partial charge in [-0.15, -0.1) is 10.2 Å². The molecule has 11 nitrogen and oxygen atoms in total. The van der Waals surface area contributed by atoms with Crippen LogP contribution in [0.1, 0.15) is 20.3 Å². The molecule has 2 aromatic carbocycles. The minimum absolute atomic E-state index is 0.0896. The van der Waals surface area contributed by atoms with E-state index in [2.05, 4.69) is 26.1 Å². The average molecular weight is 485 g/mol. The van der Waals surface area contributed by atoms with Crippen LogP contribution in [-0.4, -0.2) is 40.2 Å². The van der Waals surface area contributed by atoms with Crippen LogP contribution in [0, 0.1) is 16.0 Å². The number of carbonyl (C=O) groups is 2. The third-order valence-corrected chi connectivity index (χ3v) is 5.98. The summed E-state index contributed by atoms with van der Waals surface area (Å²) in [5, 5.41) is 27.8. The van der Waals surface area contributed by atoms with Gasteiger partial charge in [0.25, 0.3) is 5.69 Å². The third kappa shape index (κ3) is 6.25. The number of urea groups is 1. The number of nitrogens with zero attached hydrogens (tertiary/aromatic N) is 3. The van der Waals surface area contributed by atoms with E-state index in [0.29, 0.717) is 28.0 Å².